The minimum atomic E-state index is -0.933. The first-order valence-electron chi connectivity index (χ1n) is 12.6. The van der Waals surface area contributed by atoms with Gasteiger partial charge in [0, 0.05) is 18.6 Å². The summed E-state index contributed by atoms with van der Waals surface area (Å²) in [5.41, 5.74) is 4.49. The van der Waals surface area contributed by atoms with Gasteiger partial charge in [0.25, 0.3) is 0 Å². The monoisotopic (exact) mass is 554 g/mol. The van der Waals surface area contributed by atoms with E-state index in [1.807, 2.05) is 13.8 Å². The van der Waals surface area contributed by atoms with Gasteiger partial charge in [-0.1, -0.05) is 56.0 Å². The van der Waals surface area contributed by atoms with Crippen LogP contribution < -0.4 is 51.4 Å². The number of methoxy groups -OCH3 is 1. The summed E-state index contributed by atoms with van der Waals surface area (Å²) in [6.45, 7) is 17.0. The number of carboxylic acids is 1. The van der Waals surface area contributed by atoms with Crippen LogP contribution in [0.15, 0.2) is 42.5 Å². The maximum absolute atomic E-state index is 11.0. The van der Waals surface area contributed by atoms with Crippen LogP contribution in [0.3, 0.4) is 0 Å². The van der Waals surface area contributed by atoms with E-state index in [1.165, 1.54) is 17.7 Å². The van der Waals surface area contributed by atoms with E-state index in [0.29, 0.717) is 35.8 Å². The van der Waals surface area contributed by atoms with Crippen molar-refractivity contribution in [2.45, 2.75) is 77.7 Å². The Morgan fingerprint density at radius 3 is 2.41 bits per heavy atom. The molecule has 4 nitrogen and oxygen atoms in total. The smallest absolute Gasteiger partial charge is 0.481 e. The third-order valence-corrected chi connectivity index (χ3v) is 6.27. The topological polar surface area (TPSA) is 55.8 Å². The minimum absolute atomic E-state index is 0. The number of rotatable bonds is 13. The molecule has 0 spiro atoms. The van der Waals surface area contributed by atoms with E-state index in [4.69, 9.17) is 32.8 Å². The van der Waals surface area contributed by atoms with E-state index in [1.54, 1.807) is 13.2 Å². The van der Waals surface area contributed by atoms with Crippen molar-refractivity contribution >= 4 is 23.1 Å². The summed E-state index contributed by atoms with van der Waals surface area (Å²) in [6.07, 6.45) is 13.9. The van der Waals surface area contributed by atoms with Crippen LogP contribution in [0.4, 0.5) is 0 Å². The van der Waals surface area contributed by atoms with Gasteiger partial charge in [0.05, 0.1) is 19.3 Å². The standard InChI is InChI=1S/C28H35ClO4.C2H6.CH3.K/c1-5-8-23-18-24(22-11-13-25(14-12-22)33-16-15-32-4)19-26(29)28(23)21(7-3)10-9-20(6-2)17-27(30)31;1-2;;/h3,6-7,10,18-19,22,25H,2,5,8,11-17H2,1,4H3,(H,30,31);1-2H3;1H3;/q-2;;-1;+1/b21-10+;;;. The van der Waals surface area contributed by atoms with Crippen LogP contribution in [0.1, 0.15) is 81.9 Å². The van der Waals surface area contributed by atoms with Crippen LogP contribution in [-0.4, -0.2) is 37.5 Å². The minimum Gasteiger partial charge on any atom is -0.481 e. The largest absolute Gasteiger partial charge is 1.00 e. The second-order valence-electron chi connectivity index (χ2n) is 8.33. The molecular weight excluding hydrogens is 511 g/mol. The number of hydrogen-bond acceptors (Lipinski definition) is 3. The molecule has 1 saturated carbocycles. The maximum atomic E-state index is 11.0. The summed E-state index contributed by atoms with van der Waals surface area (Å²) in [6, 6.07) is 4.31. The van der Waals surface area contributed by atoms with Gasteiger partial charge in [-0.25, -0.2) is 6.08 Å². The Balaban J connectivity index is 0. The van der Waals surface area contributed by atoms with Gasteiger partial charge in [-0.05, 0) is 49.7 Å². The molecule has 0 unspecified atom stereocenters. The number of benzene rings is 1. The van der Waals surface area contributed by atoms with Gasteiger partial charge >= 0.3 is 57.4 Å². The van der Waals surface area contributed by atoms with Crippen molar-refractivity contribution in [3.05, 3.63) is 84.3 Å². The molecule has 0 heterocycles. The molecule has 1 aliphatic rings. The number of ether oxygens (including phenoxy) is 2. The van der Waals surface area contributed by atoms with Crippen LogP contribution in [-0.2, 0) is 20.7 Å². The van der Waals surface area contributed by atoms with Gasteiger partial charge in [-0.15, -0.1) is 5.57 Å². The average molecular weight is 555 g/mol. The number of aliphatic carboxylic acids is 1. The Bertz CT molecular complexity index is 883. The number of hydrogen-bond donors (Lipinski definition) is 1. The Hall–Kier alpha value is -0.504. The maximum Gasteiger partial charge on any atom is 1.00 e. The molecule has 6 heteroatoms. The number of carboxylic acid groups (broad SMARTS) is 1. The molecule has 202 valence electrons. The van der Waals surface area contributed by atoms with Crippen molar-refractivity contribution < 1.29 is 70.8 Å². The Morgan fingerprint density at radius 1 is 1.24 bits per heavy atom. The van der Waals surface area contributed by atoms with Crippen molar-refractivity contribution in [2.75, 3.05) is 20.3 Å². The number of allylic oxidation sites excluding steroid dienone is 5. The van der Waals surface area contributed by atoms with Crippen molar-refractivity contribution in [2.24, 2.45) is 0 Å². The van der Waals surface area contributed by atoms with Crippen LogP contribution in [0.5, 0.6) is 0 Å². The van der Waals surface area contributed by atoms with Crippen molar-refractivity contribution in [3.63, 3.8) is 0 Å². The van der Waals surface area contributed by atoms with E-state index in [0.717, 1.165) is 55.2 Å². The van der Waals surface area contributed by atoms with Gasteiger partial charge in [0.15, 0.2) is 0 Å². The first-order chi connectivity index (χ1) is 16.9. The summed E-state index contributed by atoms with van der Waals surface area (Å²) in [4.78, 5) is 11.0. The Morgan fingerprint density at radius 2 is 1.89 bits per heavy atom. The van der Waals surface area contributed by atoms with E-state index < -0.39 is 5.97 Å². The van der Waals surface area contributed by atoms with Gasteiger partial charge in [-0.2, -0.15) is 30.4 Å². The summed E-state index contributed by atoms with van der Waals surface area (Å²) in [5, 5.41) is 9.70. The fraction of sp³-hybridized carbons (Fsp3) is 0.484. The Kier molecular flexibility index (Phi) is 23.3. The van der Waals surface area contributed by atoms with Crippen LogP contribution >= 0.6 is 11.6 Å². The van der Waals surface area contributed by atoms with E-state index >= 15 is 0 Å². The van der Waals surface area contributed by atoms with Crippen LogP contribution in [0, 0.1) is 20.1 Å². The zero-order chi connectivity index (χ0) is 26.2. The van der Waals surface area contributed by atoms with Crippen molar-refractivity contribution in [3.8, 4) is 0 Å². The van der Waals surface area contributed by atoms with Gasteiger partial charge < -0.3 is 22.0 Å². The molecule has 0 radical (unpaired) electrons. The molecule has 1 N–H and O–H groups in total. The predicted octanol–water partition coefficient (Wildman–Crippen LogP) is 5.23. The number of aryl methyl sites for hydroxylation is 1. The molecule has 0 atom stereocenters. The number of halogens is 1. The summed E-state index contributed by atoms with van der Waals surface area (Å²) >= 11 is 6.81. The van der Waals surface area contributed by atoms with Gasteiger partial charge in [0.2, 0.25) is 0 Å². The first kappa shape index (κ1) is 38.6. The quantitative estimate of drug-likeness (QED) is 0.157. The molecule has 0 amide bonds. The molecule has 0 saturated heterocycles. The third kappa shape index (κ3) is 13.4. The molecule has 0 bridgehead atoms. The molecule has 37 heavy (non-hydrogen) atoms. The van der Waals surface area contributed by atoms with Gasteiger partial charge in [-0.3, -0.25) is 11.4 Å². The fourth-order valence-electron chi connectivity index (χ4n) is 4.29. The summed E-state index contributed by atoms with van der Waals surface area (Å²) < 4.78 is 11.0. The number of carbonyl (C=O) groups is 1. The van der Waals surface area contributed by atoms with E-state index in [-0.39, 0.29) is 65.2 Å². The molecule has 0 aliphatic heterocycles. The molecule has 0 aromatic heterocycles. The predicted molar refractivity (Wildman–Crippen MR) is 152 cm³/mol. The summed E-state index contributed by atoms with van der Waals surface area (Å²) in [5.74, 6) is -0.477. The average Bonchev–Trinajstić information content (AvgIpc) is 2.86. The van der Waals surface area contributed by atoms with E-state index in [2.05, 4.69) is 31.7 Å². The fourth-order valence-corrected chi connectivity index (χ4v) is 4.65. The SMILES string of the molecule is CC.[CH-]=C/C(=C\[C-]=C(C=C)CC(=O)O)c1c(Cl)cc(C2CCC(OCCOC)CC2)cc1CCC.[CH3-].[K+]. The van der Waals surface area contributed by atoms with Gasteiger partial charge in [0.1, 0.15) is 0 Å². The molecular formula is C31H44ClKO4-2. The zero-order valence-electron chi connectivity index (χ0n) is 23.7. The van der Waals surface area contributed by atoms with Crippen molar-refractivity contribution in [1.29, 1.82) is 0 Å². The molecule has 2 rings (SSSR count). The van der Waals surface area contributed by atoms with Crippen molar-refractivity contribution in [1.82, 2.24) is 0 Å². The Labute approximate surface area is 273 Å². The second-order valence-corrected chi connectivity index (χ2v) is 8.74. The van der Waals surface area contributed by atoms with E-state index in [9.17, 15) is 4.79 Å². The summed E-state index contributed by atoms with van der Waals surface area (Å²) in [7, 11) is 1.69. The van der Waals surface area contributed by atoms with Crippen LogP contribution in [0.2, 0.25) is 5.02 Å². The molecule has 1 fully saturated rings. The molecule has 1 aliphatic carbocycles. The molecule has 1 aromatic rings. The zero-order valence-corrected chi connectivity index (χ0v) is 27.6. The van der Waals surface area contributed by atoms with Crippen LogP contribution in [0.25, 0.3) is 5.57 Å². The molecule has 1 aromatic carbocycles. The normalized spacial score (nSPS) is 17.4. The second kappa shape index (κ2) is 22.3. The third-order valence-electron chi connectivity index (χ3n) is 5.97. The first-order valence-corrected chi connectivity index (χ1v) is 13.0.